The van der Waals surface area contributed by atoms with Crippen LogP contribution in [0.3, 0.4) is 0 Å². The standard InChI is InChI=1S/C23H25N3O3/c1-28-19-10-16-17(11-20(19)29-2)23(27)26(13-14-6-4-3-5-7-14)21-15-8-9-24-22(15)25-12-18(16)21/h8-12,14H,3-7,13H2,1-2H3,(H,24,25). The first-order valence-electron chi connectivity index (χ1n) is 10.3. The highest BCUT2D eigenvalue weighted by molar-refractivity contribution is 6.14. The number of pyridine rings is 2. The highest BCUT2D eigenvalue weighted by Crippen LogP contribution is 2.36. The summed E-state index contributed by atoms with van der Waals surface area (Å²) in [6.07, 6.45) is 9.89. The molecule has 1 aliphatic carbocycles. The number of fused-ring (bicyclic) bond motifs is 5. The summed E-state index contributed by atoms with van der Waals surface area (Å²) in [4.78, 5) is 21.5. The number of benzene rings is 1. The lowest BCUT2D eigenvalue weighted by Gasteiger charge is -2.24. The molecular weight excluding hydrogens is 366 g/mol. The average Bonchev–Trinajstić information content (AvgIpc) is 3.25. The number of hydrogen-bond acceptors (Lipinski definition) is 4. The molecule has 5 rings (SSSR count). The highest BCUT2D eigenvalue weighted by Gasteiger charge is 2.21. The van der Waals surface area contributed by atoms with E-state index < -0.39 is 0 Å². The van der Waals surface area contributed by atoms with Gasteiger partial charge in [0.1, 0.15) is 5.65 Å². The first kappa shape index (κ1) is 18.0. The van der Waals surface area contributed by atoms with E-state index in [9.17, 15) is 4.79 Å². The molecule has 1 N–H and O–H groups in total. The molecule has 0 aliphatic heterocycles. The maximum absolute atomic E-state index is 13.7. The molecule has 0 unspecified atom stereocenters. The Morgan fingerprint density at radius 2 is 1.76 bits per heavy atom. The number of ether oxygens (including phenoxy) is 2. The lowest BCUT2D eigenvalue weighted by atomic mass is 9.89. The van der Waals surface area contributed by atoms with Crippen molar-refractivity contribution in [3.8, 4) is 11.5 Å². The Balaban J connectivity index is 1.87. The van der Waals surface area contributed by atoms with Crippen LogP contribution in [0.2, 0.25) is 0 Å². The molecule has 150 valence electrons. The van der Waals surface area contributed by atoms with Crippen LogP contribution in [0.15, 0.2) is 35.4 Å². The van der Waals surface area contributed by atoms with Gasteiger partial charge in [0.2, 0.25) is 0 Å². The van der Waals surface area contributed by atoms with Crippen LogP contribution in [-0.2, 0) is 6.54 Å². The van der Waals surface area contributed by atoms with Gasteiger partial charge >= 0.3 is 0 Å². The van der Waals surface area contributed by atoms with Crippen LogP contribution in [0.4, 0.5) is 0 Å². The molecule has 6 heteroatoms. The third kappa shape index (κ3) is 2.85. The van der Waals surface area contributed by atoms with Crippen LogP contribution in [-0.4, -0.2) is 28.8 Å². The molecule has 1 fully saturated rings. The molecule has 6 nitrogen and oxygen atoms in total. The fraction of sp³-hybridized carbons (Fsp3) is 0.391. The molecule has 0 atom stereocenters. The van der Waals surface area contributed by atoms with Crippen molar-refractivity contribution >= 4 is 32.7 Å². The van der Waals surface area contributed by atoms with E-state index in [1.807, 2.05) is 29.1 Å². The van der Waals surface area contributed by atoms with Crippen molar-refractivity contribution in [2.24, 2.45) is 5.92 Å². The second-order valence-electron chi connectivity index (χ2n) is 7.93. The number of methoxy groups -OCH3 is 2. The Hall–Kier alpha value is -3.02. The predicted octanol–water partition coefficient (Wildman–Crippen LogP) is 4.63. The van der Waals surface area contributed by atoms with Crippen molar-refractivity contribution in [2.75, 3.05) is 14.2 Å². The Morgan fingerprint density at radius 1 is 1.03 bits per heavy atom. The fourth-order valence-corrected chi connectivity index (χ4v) is 4.81. The molecule has 29 heavy (non-hydrogen) atoms. The van der Waals surface area contributed by atoms with E-state index in [0.29, 0.717) is 22.8 Å². The quantitative estimate of drug-likeness (QED) is 0.515. The normalized spacial score (nSPS) is 15.4. The molecule has 1 aliphatic rings. The van der Waals surface area contributed by atoms with Gasteiger partial charge in [0.05, 0.1) is 25.1 Å². The van der Waals surface area contributed by atoms with Gasteiger partial charge < -0.3 is 19.0 Å². The van der Waals surface area contributed by atoms with Gasteiger partial charge in [-0.05, 0) is 37.0 Å². The van der Waals surface area contributed by atoms with Crippen LogP contribution in [0.5, 0.6) is 11.5 Å². The van der Waals surface area contributed by atoms with Crippen LogP contribution in [0.1, 0.15) is 32.1 Å². The van der Waals surface area contributed by atoms with Crippen LogP contribution in [0.25, 0.3) is 32.7 Å². The van der Waals surface area contributed by atoms with Gasteiger partial charge in [-0.3, -0.25) is 4.79 Å². The Labute approximate surface area is 168 Å². The molecule has 1 saturated carbocycles. The molecule has 0 bridgehead atoms. The van der Waals surface area contributed by atoms with Crippen LogP contribution >= 0.6 is 0 Å². The molecule has 3 heterocycles. The summed E-state index contributed by atoms with van der Waals surface area (Å²) in [5.41, 5.74) is 1.77. The van der Waals surface area contributed by atoms with Crippen molar-refractivity contribution in [2.45, 2.75) is 38.6 Å². The lowest BCUT2D eigenvalue weighted by molar-refractivity contribution is 0.320. The second-order valence-corrected chi connectivity index (χ2v) is 7.93. The van der Waals surface area contributed by atoms with Crippen molar-refractivity contribution in [1.82, 2.24) is 14.5 Å². The lowest BCUT2D eigenvalue weighted by Crippen LogP contribution is -2.26. The number of aromatic nitrogens is 3. The van der Waals surface area contributed by atoms with E-state index >= 15 is 0 Å². The average molecular weight is 391 g/mol. The van der Waals surface area contributed by atoms with Gasteiger partial charge in [-0.15, -0.1) is 0 Å². The van der Waals surface area contributed by atoms with Gasteiger partial charge in [-0.1, -0.05) is 19.3 Å². The molecule has 3 aromatic heterocycles. The van der Waals surface area contributed by atoms with Gasteiger partial charge in [-0.2, -0.15) is 0 Å². The van der Waals surface area contributed by atoms with E-state index in [2.05, 4.69) is 9.97 Å². The second kappa shape index (κ2) is 7.10. The minimum absolute atomic E-state index is 0.0210. The highest BCUT2D eigenvalue weighted by atomic mass is 16.5. The Morgan fingerprint density at radius 3 is 2.48 bits per heavy atom. The summed E-state index contributed by atoms with van der Waals surface area (Å²) in [5.74, 6) is 1.71. The van der Waals surface area contributed by atoms with E-state index in [0.717, 1.165) is 33.9 Å². The summed E-state index contributed by atoms with van der Waals surface area (Å²) in [7, 11) is 3.20. The third-order valence-corrected chi connectivity index (χ3v) is 6.28. The summed E-state index contributed by atoms with van der Waals surface area (Å²) >= 11 is 0. The SMILES string of the molecule is COc1cc2c(=O)n(CC3CCCCC3)c3c4cc[nH]c4ncc3c2cc1OC. The zero-order valence-electron chi connectivity index (χ0n) is 16.8. The van der Waals surface area contributed by atoms with Crippen LogP contribution in [0, 0.1) is 5.92 Å². The molecule has 0 radical (unpaired) electrons. The van der Waals surface area contributed by atoms with Crippen molar-refractivity contribution in [3.63, 3.8) is 0 Å². The minimum atomic E-state index is 0.0210. The first-order chi connectivity index (χ1) is 14.2. The molecule has 4 aromatic rings. The predicted molar refractivity (Wildman–Crippen MR) is 115 cm³/mol. The van der Waals surface area contributed by atoms with Crippen molar-refractivity contribution in [1.29, 1.82) is 0 Å². The Kier molecular flexibility index (Phi) is 4.42. The van der Waals surface area contributed by atoms with E-state index in [-0.39, 0.29) is 5.56 Å². The summed E-state index contributed by atoms with van der Waals surface area (Å²) in [5, 5.41) is 3.43. The van der Waals surface area contributed by atoms with Gasteiger partial charge in [0.15, 0.2) is 11.5 Å². The fourth-order valence-electron chi connectivity index (χ4n) is 4.81. The maximum Gasteiger partial charge on any atom is 0.259 e. The zero-order valence-corrected chi connectivity index (χ0v) is 16.8. The number of aromatic amines is 1. The van der Waals surface area contributed by atoms with Gasteiger partial charge in [0.25, 0.3) is 5.56 Å². The smallest absolute Gasteiger partial charge is 0.259 e. The van der Waals surface area contributed by atoms with E-state index in [1.54, 1.807) is 20.3 Å². The Bertz CT molecular complexity index is 1270. The summed E-state index contributed by atoms with van der Waals surface area (Å²) in [6.45, 7) is 0.740. The van der Waals surface area contributed by atoms with E-state index in [4.69, 9.17) is 9.47 Å². The molecule has 0 saturated heterocycles. The van der Waals surface area contributed by atoms with Crippen molar-refractivity contribution < 1.29 is 9.47 Å². The largest absolute Gasteiger partial charge is 0.493 e. The van der Waals surface area contributed by atoms with Gasteiger partial charge in [-0.25, -0.2) is 4.98 Å². The molecular formula is C23H25N3O3. The number of nitrogens with zero attached hydrogens (tertiary/aromatic N) is 2. The third-order valence-electron chi connectivity index (χ3n) is 6.28. The summed E-state index contributed by atoms with van der Waals surface area (Å²) in [6, 6.07) is 5.70. The summed E-state index contributed by atoms with van der Waals surface area (Å²) < 4.78 is 12.9. The van der Waals surface area contributed by atoms with Crippen LogP contribution < -0.4 is 15.0 Å². The minimum Gasteiger partial charge on any atom is -0.493 e. The number of nitrogens with one attached hydrogen (secondary N) is 1. The monoisotopic (exact) mass is 391 g/mol. The molecule has 0 spiro atoms. The number of H-pyrrole nitrogens is 1. The number of hydrogen-bond donors (Lipinski definition) is 1. The first-order valence-corrected chi connectivity index (χ1v) is 10.3. The topological polar surface area (TPSA) is 69.1 Å². The van der Waals surface area contributed by atoms with E-state index in [1.165, 1.54) is 32.1 Å². The van der Waals surface area contributed by atoms with Crippen molar-refractivity contribution in [3.05, 3.63) is 40.9 Å². The number of rotatable bonds is 4. The van der Waals surface area contributed by atoms with Gasteiger partial charge in [0, 0.05) is 35.1 Å². The zero-order chi connectivity index (χ0) is 20.0. The maximum atomic E-state index is 13.7. The molecule has 0 amide bonds. The molecule has 1 aromatic carbocycles.